The van der Waals surface area contributed by atoms with E-state index >= 15 is 0 Å². The molecule has 2 heterocycles. The zero-order chi connectivity index (χ0) is 22.3. The first-order valence-corrected chi connectivity index (χ1v) is 10.9. The van der Waals surface area contributed by atoms with Crippen LogP contribution in [0.5, 0.6) is 5.75 Å². The Hall–Kier alpha value is -3.67. The van der Waals surface area contributed by atoms with Crippen molar-refractivity contribution in [2.24, 2.45) is 0 Å². The van der Waals surface area contributed by atoms with Crippen LogP contribution in [0.3, 0.4) is 0 Å². The lowest BCUT2D eigenvalue weighted by Gasteiger charge is -2.32. The number of pyridine rings is 1. The highest BCUT2D eigenvalue weighted by molar-refractivity contribution is 5.89. The molecule has 1 saturated heterocycles. The van der Waals surface area contributed by atoms with Crippen LogP contribution in [0.15, 0.2) is 72.8 Å². The Balaban J connectivity index is 1.43. The van der Waals surface area contributed by atoms with E-state index in [2.05, 4.69) is 5.32 Å². The van der Waals surface area contributed by atoms with Gasteiger partial charge >= 0.3 is 0 Å². The molecule has 3 aromatic rings. The van der Waals surface area contributed by atoms with Gasteiger partial charge < -0.3 is 15.0 Å². The Kier molecular flexibility index (Phi) is 6.80. The largest absolute Gasteiger partial charge is 0.484 e. The molecule has 1 unspecified atom stereocenters. The van der Waals surface area contributed by atoms with Crippen LogP contribution >= 0.6 is 0 Å². The summed E-state index contributed by atoms with van der Waals surface area (Å²) in [6, 6.07) is 23.1. The highest BCUT2D eigenvalue weighted by Gasteiger charge is 2.26. The molecule has 6 heteroatoms. The number of rotatable bonds is 6. The number of nitrogens with zero attached hydrogens (tertiary/aromatic N) is 2. The van der Waals surface area contributed by atoms with Crippen molar-refractivity contribution >= 4 is 17.5 Å². The first kappa shape index (κ1) is 21.6. The number of aromatic nitrogens is 1. The van der Waals surface area contributed by atoms with Crippen LogP contribution < -0.4 is 10.1 Å². The first-order chi connectivity index (χ1) is 15.6. The van der Waals surface area contributed by atoms with Crippen LogP contribution in [-0.4, -0.2) is 41.4 Å². The van der Waals surface area contributed by atoms with Gasteiger partial charge in [0.2, 0.25) is 5.91 Å². The number of carbonyl (C=O) groups excluding carboxylic acids is 2. The Morgan fingerprint density at radius 2 is 1.88 bits per heavy atom. The summed E-state index contributed by atoms with van der Waals surface area (Å²) in [5, 5.41) is 2.81. The molecule has 1 atom stereocenters. The molecule has 0 aliphatic carbocycles. The van der Waals surface area contributed by atoms with Gasteiger partial charge in [0, 0.05) is 42.9 Å². The van der Waals surface area contributed by atoms with Crippen molar-refractivity contribution in [2.45, 2.75) is 25.7 Å². The summed E-state index contributed by atoms with van der Waals surface area (Å²) in [4.78, 5) is 30.8. The number of piperidine rings is 1. The summed E-state index contributed by atoms with van der Waals surface area (Å²) >= 11 is 0. The van der Waals surface area contributed by atoms with Gasteiger partial charge in [0.1, 0.15) is 5.75 Å². The van der Waals surface area contributed by atoms with Gasteiger partial charge in [-0.1, -0.05) is 36.4 Å². The van der Waals surface area contributed by atoms with Crippen LogP contribution in [0.1, 0.15) is 31.4 Å². The van der Waals surface area contributed by atoms with Crippen molar-refractivity contribution in [3.63, 3.8) is 0 Å². The summed E-state index contributed by atoms with van der Waals surface area (Å²) in [5.41, 5.74) is 3.52. The van der Waals surface area contributed by atoms with Gasteiger partial charge in [0.25, 0.3) is 5.91 Å². The maximum atomic E-state index is 12.7. The Morgan fingerprint density at radius 1 is 1.06 bits per heavy atom. The quantitative estimate of drug-likeness (QED) is 0.627. The fourth-order valence-corrected chi connectivity index (χ4v) is 4.00. The standard InChI is InChI=1S/C26H27N3O3/c1-19(30)27-22-10-5-8-20(16-22)24-13-6-14-25(28-24)21-9-7-15-29(17-21)26(31)18-32-23-11-3-2-4-12-23/h2-6,8,10-14,16,21H,7,9,15,17-18H2,1H3,(H,27,30). The van der Waals surface area contributed by atoms with E-state index < -0.39 is 0 Å². The molecule has 32 heavy (non-hydrogen) atoms. The van der Waals surface area contributed by atoms with E-state index in [-0.39, 0.29) is 24.3 Å². The number of ether oxygens (including phenoxy) is 1. The van der Waals surface area contributed by atoms with E-state index in [1.54, 1.807) is 0 Å². The number of benzene rings is 2. The van der Waals surface area contributed by atoms with Crippen molar-refractivity contribution in [3.05, 3.63) is 78.5 Å². The fraction of sp³-hybridized carbons (Fsp3) is 0.269. The zero-order valence-electron chi connectivity index (χ0n) is 18.2. The van der Waals surface area contributed by atoms with Crippen molar-refractivity contribution in [3.8, 4) is 17.0 Å². The highest BCUT2D eigenvalue weighted by Crippen LogP contribution is 2.28. The van der Waals surface area contributed by atoms with Crippen LogP contribution in [-0.2, 0) is 9.59 Å². The van der Waals surface area contributed by atoms with Crippen LogP contribution in [0, 0.1) is 0 Å². The van der Waals surface area contributed by atoms with Gasteiger partial charge in [0.15, 0.2) is 6.61 Å². The van der Waals surface area contributed by atoms with Crippen LogP contribution in [0.2, 0.25) is 0 Å². The molecule has 6 nitrogen and oxygen atoms in total. The number of nitrogens with one attached hydrogen (secondary N) is 1. The third kappa shape index (κ3) is 5.52. The van der Waals surface area contributed by atoms with E-state index in [1.165, 1.54) is 6.92 Å². The Labute approximate surface area is 188 Å². The van der Waals surface area contributed by atoms with Crippen molar-refractivity contribution in [1.82, 2.24) is 9.88 Å². The summed E-state index contributed by atoms with van der Waals surface area (Å²) in [5.74, 6) is 0.776. The predicted octanol–water partition coefficient (Wildman–Crippen LogP) is 4.49. The third-order valence-corrected chi connectivity index (χ3v) is 5.55. The lowest BCUT2D eigenvalue weighted by atomic mass is 9.93. The average molecular weight is 430 g/mol. The monoisotopic (exact) mass is 429 g/mol. The normalized spacial score (nSPS) is 15.8. The summed E-state index contributed by atoms with van der Waals surface area (Å²) in [7, 11) is 0. The zero-order valence-corrected chi connectivity index (χ0v) is 18.2. The average Bonchev–Trinajstić information content (AvgIpc) is 2.83. The van der Waals surface area contributed by atoms with Crippen LogP contribution in [0.25, 0.3) is 11.3 Å². The molecule has 1 N–H and O–H groups in total. The molecule has 2 aromatic carbocycles. The molecule has 1 aromatic heterocycles. The van der Waals surface area contributed by atoms with E-state index in [0.29, 0.717) is 12.3 Å². The lowest BCUT2D eigenvalue weighted by molar-refractivity contribution is -0.134. The lowest BCUT2D eigenvalue weighted by Crippen LogP contribution is -2.41. The molecular weight excluding hydrogens is 402 g/mol. The van der Waals surface area contributed by atoms with Gasteiger partial charge in [-0.3, -0.25) is 14.6 Å². The van der Waals surface area contributed by atoms with Gasteiger partial charge in [-0.2, -0.15) is 0 Å². The minimum absolute atomic E-state index is 0.00211. The smallest absolute Gasteiger partial charge is 0.260 e. The molecule has 1 aliphatic heterocycles. The Bertz CT molecular complexity index is 1080. The molecule has 164 valence electrons. The molecule has 0 radical (unpaired) electrons. The maximum Gasteiger partial charge on any atom is 0.260 e. The second kappa shape index (κ2) is 10.1. The Morgan fingerprint density at radius 3 is 2.69 bits per heavy atom. The minimum atomic E-state index is -0.105. The van der Waals surface area contributed by atoms with Gasteiger partial charge in [-0.15, -0.1) is 0 Å². The van der Waals surface area contributed by atoms with Crippen LogP contribution in [0.4, 0.5) is 5.69 Å². The summed E-state index contributed by atoms with van der Waals surface area (Å²) in [6.07, 6.45) is 1.93. The summed E-state index contributed by atoms with van der Waals surface area (Å²) in [6.45, 7) is 2.91. The second-order valence-corrected chi connectivity index (χ2v) is 7.99. The van der Waals surface area contributed by atoms with Crippen molar-refractivity contribution in [2.75, 3.05) is 25.0 Å². The van der Waals surface area contributed by atoms with Gasteiger partial charge in [-0.25, -0.2) is 0 Å². The van der Waals surface area contributed by atoms with Crippen molar-refractivity contribution < 1.29 is 14.3 Å². The molecule has 0 spiro atoms. The number of hydrogen-bond acceptors (Lipinski definition) is 4. The topological polar surface area (TPSA) is 71.5 Å². The summed E-state index contributed by atoms with van der Waals surface area (Å²) < 4.78 is 5.64. The van der Waals surface area contributed by atoms with E-state index in [4.69, 9.17) is 9.72 Å². The molecule has 0 saturated carbocycles. The third-order valence-electron chi connectivity index (χ3n) is 5.55. The van der Waals surface area contributed by atoms with E-state index in [0.717, 1.165) is 42.0 Å². The number of amides is 2. The van der Waals surface area contributed by atoms with E-state index in [9.17, 15) is 9.59 Å². The number of carbonyl (C=O) groups is 2. The minimum Gasteiger partial charge on any atom is -0.484 e. The predicted molar refractivity (Wildman–Crippen MR) is 124 cm³/mol. The highest BCUT2D eigenvalue weighted by atomic mass is 16.5. The van der Waals surface area contributed by atoms with Gasteiger partial charge in [0.05, 0.1) is 5.69 Å². The SMILES string of the molecule is CC(=O)Nc1cccc(-c2cccc(C3CCCN(C(=O)COc4ccccc4)C3)n2)c1. The number of para-hydroxylation sites is 1. The number of likely N-dealkylation sites (tertiary alicyclic amines) is 1. The molecular formula is C26H27N3O3. The molecule has 2 amide bonds. The first-order valence-electron chi connectivity index (χ1n) is 10.9. The molecule has 4 rings (SSSR count). The van der Waals surface area contributed by atoms with Crippen molar-refractivity contribution in [1.29, 1.82) is 0 Å². The maximum absolute atomic E-state index is 12.7. The number of anilines is 1. The van der Waals surface area contributed by atoms with Gasteiger partial charge in [-0.05, 0) is 49.2 Å². The molecule has 1 aliphatic rings. The second-order valence-electron chi connectivity index (χ2n) is 7.99. The fourth-order valence-electron chi connectivity index (χ4n) is 4.00. The molecule has 0 bridgehead atoms. The molecule has 1 fully saturated rings. The number of hydrogen-bond donors (Lipinski definition) is 1. The van der Waals surface area contributed by atoms with E-state index in [1.807, 2.05) is 77.7 Å².